The van der Waals surface area contributed by atoms with E-state index in [9.17, 15) is 0 Å². The van der Waals surface area contributed by atoms with Crippen molar-refractivity contribution in [2.75, 3.05) is 7.05 Å². The van der Waals surface area contributed by atoms with Gasteiger partial charge in [-0.3, -0.25) is 0 Å². The van der Waals surface area contributed by atoms with Crippen LogP contribution in [-0.2, 0) is 0 Å². The molecule has 3 heteroatoms. The van der Waals surface area contributed by atoms with Crippen LogP contribution in [0.3, 0.4) is 0 Å². The third kappa shape index (κ3) is 1.52. The van der Waals surface area contributed by atoms with Gasteiger partial charge in [-0.15, -0.1) is 0 Å². The van der Waals surface area contributed by atoms with Crippen LogP contribution in [0.5, 0.6) is 0 Å². The molecular formula is C9H14N2S. The molecular weight excluding hydrogens is 168 g/mol. The standard InChI is InChI=1S/C9H14N2S/c1-10-8-3-2-7(6-8)9-4-5-12-11-9/h4-5,7-8,10H,2-3,6H2,1H3. The minimum atomic E-state index is 0.716. The quantitative estimate of drug-likeness (QED) is 0.756. The van der Waals surface area contributed by atoms with Crippen LogP contribution in [0.2, 0.25) is 0 Å². The van der Waals surface area contributed by atoms with E-state index in [1.54, 1.807) is 11.5 Å². The molecule has 0 aliphatic heterocycles. The molecule has 0 bridgehead atoms. The molecule has 1 aromatic rings. The van der Waals surface area contributed by atoms with Crippen molar-refractivity contribution in [3.05, 3.63) is 17.1 Å². The Kier molecular flexibility index (Phi) is 2.42. The van der Waals surface area contributed by atoms with Gasteiger partial charge < -0.3 is 5.32 Å². The Labute approximate surface area is 77.2 Å². The van der Waals surface area contributed by atoms with E-state index in [1.807, 2.05) is 7.05 Å². The zero-order valence-corrected chi connectivity index (χ0v) is 8.10. The maximum atomic E-state index is 4.38. The molecule has 1 heterocycles. The van der Waals surface area contributed by atoms with E-state index in [-0.39, 0.29) is 0 Å². The molecule has 2 rings (SSSR count). The Morgan fingerprint density at radius 2 is 2.50 bits per heavy atom. The highest BCUT2D eigenvalue weighted by Gasteiger charge is 2.25. The summed E-state index contributed by atoms with van der Waals surface area (Å²) in [7, 11) is 2.05. The van der Waals surface area contributed by atoms with Crippen molar-refractivity contribution in [3.8, 4) is 0 Å². The van der Waals surface area contributed by atoms with Gasteiger partial charge in [-0.1, -0.05) is 0 Å². The van der Waals surface area contributed by atoms with Gasteiger partial charge in [0, 0.05) is 17.3 Å². The average molecular weight is 182 g/mol. The number of hydrogen-bond donors (Lipinski definition) is 1. The zero-order chi connectivity index (χ0) is 8.39. The lowest BCUT2D eigenvalue weighted by Crippen LogP contribution is -2.21. The Morgan fingerprint density at radius 1 is 1.58 bits per heavy atom. The summed E-state index contributed by atoms with van der Waals surface area (Å²) in [6, 6.07) is 2.88. The molecule has 0 radical (unpaired) electrons. The van der Waals surface area contributed by atoms with Crippen molar-refractivity contribution in [2.45, 2.75) is 31.2 Å². The maximum Gasteiger partial charge on any atom is 0.0573 e. The number of aromatic nitrogens is 1. The molecule has 2 unspecified atom stereocenters. The molecule has 0 aromatic carbocycles. The summed E-state index contributed by atoms with van der Waals surface area (Å²) >= 11 is 1.56. The fourth-order valence-electron chi connectivity index (χ4n) is 1.94. The molecule has 0 saturated heterocycles. The number of nitrogens with one attached hydrogen (secondary N) is 1. The Bertz CT molecular complexity index is 233. The molecule has 66 valence electrons. The lowest BCUT2D eigenvalue weighted by molar-refractivity contribution is 0.570. The Hall–Kier alpha value is -0.410. The second-order valence-electron chi connectivity index (χ2n) is 3.42. The van der Waals surface area contributed by atoms with E-state index in [0.717, 1.165) is 6.04 Å². The molecule has 1 aromatic heterocycles. The third-order valence-corrected chi connectivity index (χ3v) is 3.29. The Balaban J connectivity index is 2.00. The molecule has 1 aliphatic rings. The monoisotopic (exact) mass is 182 g/mol. The minimum absolute atomic E-state index is 0.716. The van der Waals surface area contributed by atoms with Gasteiger partial charge in [0.1, 0.15) is 0 Å². The van der Waals surface area contributed by atoms with Gasteiger partial charge in [-0.2, -0.15) is 4.37 Å². The first-order valence-corrected chi connectivity index (χ1v) is 5.31. The predicted molar refractivity (Wildman–Crippen MR) is 51.6 cm³/mol. The summed E-state index contributed by atoms with van der Waals surface area (Å²) in [6.45, 7) is 0. The molecule has 1 fully saturated rings. The number of nitrogens with zero attached hydrogens (tertiary/aromatic N) is 1. The molecule has 2 nitrogen and oxygen atoms in total. The van der Waals surface area contributed by atoms with Crippen LogP contribution >= 0.6 is 11.5 Å². The van der Waals surface area contributed by atoms with Crippen LogP contribution in [0, 0.1) is 0 Å². The second kappa shape index (κ2) is 3.54. The fraction of sp³-hybridized carbons (Fsp3) is 0.667. The molecule has 0 spiro atoms. The van der Waals surface area contributed by atoms with E-state index in [1.165, 1.54) is 25.0 Å². The van der Waals surface area contributed by atoms with E-state index < -0.39 is 0 Å². The lowest BCUT2D eigenvalue weighted by atomic mass is 10.0. The average Bonchev–Trinajstić information content (AvgIpc) is 2.75. The van der Waals surface area contributed by atoms with E-state index >= 15 is 0 Å². The van der Waals surface area contributed by atoms with Crippen LogP contribution in [0.1, 0.15) is 30.9 Å². The summed E-state index contributed by atoms with van der Waals surface area (Å²) in [5.41, 5.74) is 1.30. The Morgan fingerprint density at radius 3 is 3.08 bits per heavy atom. The summed E-state index contributed by atoms with van der Waals surface area (Å²) < 4.78 is 4.38. The maximum absolute atomic E-state index is 4.38. The van der Waals surface area contributed by atoms with E-state index in [0.29, 0.717) is 5.92 Å². The van der Waals surface area contributed by atoms with Crippen LogP contribution in [0.4, 0.5) is 0 Å². The van der Waals surface area contributed by atoms with Crippen molar-refractivity contribution in [3.63, 3.8) is 0 Å². The fourth-order valence-corrected chi connectivity index (χ4v) is 2.54. The van der Waals surface area contributed by atoms with Crippen LogP contribution in [0.15, 0.2) is 11.4 Å². The molecule has 1 saturated carbocycles. The van der Waals surface area contributed by atoms with Gasteiger partial charge in [0.25, 0.3) is 0 Å². The molecule has 1 aliphatic carbocycles. The van der Waals surface area contributed by atoms with Crippen LogP contribution in [-0.4, -0.2) is 17.5 Å². The van der Waals surface area contributed by atoms with Crippen molar-refractivity contribution >= 4 is 11.5 Å². The molecule has 0 amide bonds. The number of hydrogen-bond acceptors (Lipinski definition) is 3. The van der Waals surface area contributed by atoms with Gasteiger partial charge in [0.05, 0.1) is 5.69 Å². The molecule has 1 N–H and O–H groups in total. The normalized spacial score (nSPS) is 29.4. The second-order valence-corrected chi connectivity index (χ2v) is 4.09. The summed E-state index contributed by atoms with van der Waals surface area (Å²) in [6.07, 6.45) is 3.87. The first-order chi connectivity index (χ1) is 5.90. The zero-order valence-electron chi connectivity index (χ0n) is 7.29. The summed E-state index contributed by atoms with van der Waals surface area (Å²) in [5.74, 6) is 0.716. The van der Waals surface area contributed by atoms with Crippen molar-refractivity contribution in [2.24, 2.45) is 0 Å². The van der Waals surface area contributed by atoms with Crippen LogP contribution in [0.25, 0.3) is 0 Å². The predicted octanol–water partition coefficient (Wildman–Crippen LogP) is 2.00. The van der Waals surface area contributed by atoms with Gasteiger partial charge in [0.15, 0.2) is 0 Å². The first kappa shape index (κ1) is 8.20. The van der Waals surface area contributed by atoms with Gasteiger partial charge in [-0.25, -0.2) is 0 Å². The number of rotatable bonds is 2. The SMILES string of the molecule is CNC1CCC(c2ccsn2)C1. The highest BCUT2D eigenvalue weighted by molar-refractivity contribution is 7.03. The lowest BCUT2D eigenvalue weighted by Gasteiger charge is -2.07. The van der Waals surface area contributed by atoms with Crippen molar-refractivity contribution < 1.29 is 0 Å². The largest absolute Gasteiger partial charge is 0.317 e. The van der Waals surface area contributed by atoms with E-state index in [4.69, 9.17) is 0 Å². The van der Waals surface area contributed by atoms with Gasteiger partial charge in [0.2, 0.25) is 0 Å². The highest BCUT2D eigenvalue weighted by atomic mass is 32.1. The third-order valence-electron chi connectivity index (χ3n) is 2.72. The summed E-state index contributed by atoms with van der Waals surface area (Å²) in [5, 5.41) is 5.40. The first-order valence-electron chi connectivity index (χ1n) is 4.47. The van der Waals surface area contributed by atoms with E-state index in [2.05, 4.69) is 21.1 Å². The van der Waals surface area contributed by atoms with Crippen LogP contribution < -0.4 is 5.32 Å². The summed E-state index contributed by atoms with van der Waals surface area (Å²) in [4.78, 5) is 0. The van der Waals surface area contributed by atoms with Crippen molar-refractivity contribution in [1.29, 1.82) is 0 Å². The topological polar surface area (TPSA) is 24.9 Å². The van der Waals surface area contributed by atoms with Crippen molar-refractivity contribution in [1.82, 2.24) is 9.69 Å². The van der Waals surface area contributed by atoms with Gasteiger partial charge >= 0.3 is 0 Å². The smallest absolute Gasteiger partial charge is 0.0573 e. The highest BCUT2D eigenvalue weighted by Crippen LogP contribution is 2.33. The minimum Gasteiger partial charge on any atom is -0.317 e. The molecule has 2 atom stereocenters. The van der Waals surface area contributed by atoms with Gasteiger partial charge in [-0.05, 0) is 43.9 Å². The molecule has 12 heavy (non-hydrogen) atoms.